The van der Waals surface area contributed by atoms with Gasteiger partial charge in [-0.3, -0.25) is 0 Å². The molecule has 1 aliphatic carbocycles. The Kier molecular flexibility index (Phi) is 3.25. The number of thiazole rings is 1. The van der Waals surface area contributed by atoms with Crippen LogP contribution in [0.5, 0.6) is 0 Å². The van der Waals surface area contributed by atoms with Gasteiger partial charge in [-0.1, -0.05) is 37.2 Å². The van der Waals surface area contributed by atoms with E-state index in [-0.39, 0.29) is 0 Å². The molecule has 2 nitrogen and oxygen atoms in total. The van der Waals surface area contributed by atoms with Crippen LogP contribution in [0.1, 0.15) is 38.2 Å². The number of rotatable bonds is 2. The van der Waals surface area contributed by atoms with Crippen LogP contribution in [0.2, 0.25) is 0 Å². The lowest BCUT2D eigenvalue weighted by atomic mass is 9.86. The minimum absolute atomic E-state index is 0.611. The highest BCUT2D eigenvalue weighted by molar-refractivity contribution is 7.22. The SMILES string of the molecule is Cc1ccc2sc(NC3CCCCC3C)nc2c1. The molecule has 0 amide bonds. The van der Waals surface area contributed by atoms with Crippen LogP contribution in [0.25, 0.3) is 10.2 Å². The zero-order valence-electron chi connectivity index (χ0n) is 11.1. The van der Waals surface area contributed by atoms with Crippen molar-refractivity contribution in [2.75, 3.05) is 5.32 Å². The summed E-state index contributed by atoms with van der Waals surface area (Å²) in [5.74, 6) is 0.771. The van der Waals surface area contributed by atoms with E-state index in [4.69, 9.17) is 4.98 Å². The van der Waals surface area contributed by atoms with Gasteiger partial charge in [0.25, 0.3) is 0 Å². The molecule has 0 aliphatic heterocycles. The first-order valence-corrected chi connectivity index (χ1v) is 7.68. The first-order valence-electron chi connectivity index (χ1n) is 6.86. The van der Waals surface area contributed by atoms with Crippen LogP contribution in [0.15, 0.2) is 18.2 Å². The first kappa shape index (κ1) is 12.0. The summed E-state index contributed by atoms with van der Waals surface area (Å²) in [6.07, 6.45) is 5.38. The molecular formula is C15H20N2S. The third kappa shape index (κ3) is 2.37. The highest BCUT2D eigenvalue weighted by Gasteiger charge is 2.21. The van der Waals surface area contributed by atoms with Crippen LogP contribution in [0, 0.1) is 12.8 Å². The summed E-state index contributed by atoms with van der Waals surface area (Å²) in [7, 11) is 0. The van der Waals surface area contributed by atoms with E-state index in [1.54, 1.807) is 11.3 Å². The topological polar surface area (TPSA) is 24.9 Å². The van der Waals surface area contributed by atoms with Gasteiger partial charge in [-0.25, -0.2) is 4.98 Å². The summed E-state index contributed by atoms with van der Waals surface area (Å²) in [6.45, 7) is 4.48. The molecule has 0 spiro atoms. The number of aryl methyl sites for hydroxylation is 1. The number of aromatic nitrogens is 1. The second-order valence-electron chi connectivity index (χ2n) is 5.50. The Bertz CT molecular complexity index is 546. The number of fused-ring (bicyclic) bond motifs is 1. The summed E-state index contributed by atoms with van der Waals surface area (Å²) in [4.78, 5) is 4.71. The van der Waals surface area contributed by atoms with Gasteiger partial charge in [-0.15, -0.1) is 0 Å². The molecule has 1 saturated carbocycles. The molecule has 1 fully saturated rings. The van der Waals surface area contributed by atoms with Gasteiger partial charge in [0, 0.05) is 6.04 Å². The molecule has 3 heteroatoms. The zero-order chi connectivity index (χ0) is 12.5. The highest BCUT2D eigenvalue weighted by atomic mass is 32.1. The summed E-state index contributed by atoms with van der Waals surface area (Å²) in [5.41, 5.74) is 2.41. The number of hydrogen-bond acceptors (Lipinski definition) is 3. The Morgan fingerprint density at radius 2 is 2.11 bits per heavy atom. The number of nitrogens with zero attached hydrogens (tertiary/aromatic N) is 1. The van der Waals surface area contributed by atoms with Gasteiger partial charge in [0.2, 0.25) is 0 Å². The average molecular weight is 260 g/mol. The Morgan fingerprint density at radius 1 is 1.28 bits per heavy atom. The van der Waals surface area contributed by atoms with E-state index in [2.05, 4.69) is 37.4 Å². The highest BCUT2D eigenvalue weighted by Crippen LogP contribution is 2.31. The molecule has 1 aliphatic rings. The van der Waals surface area contributed by atoms with E-state index < -0.39 is 0 Å². The van der Waals surface area contributed by atoms with Crippen LogP contribution >= 0.6 is 11.3 Å². The standard InChI is InChI=1S/C15H20N2S/c1-10-7-8-14-13(9-10)17-15(18-14)16-12-6-4-3-5-11(12)2/h7-9,11-12H,3-6H2,1-2H3,(H,16,17). The van der Waals surface area contributed by atoms with Gasteiger partial charge in [-0.2, -0.15) is 0 Å². The third-order valence-corrected chi connectivity index (χ3v) is 4.93. The quantitative estimate of drug-likeness (QED) is 0.854. The maximum Gasteiger partial charge on any atom is 0.184 e. The van der Waals surface area contributed by atoms with E-state index in [0.717, 1.165) is 16.6 Å². The van der Waals surface area contributed by atoms with Crippen LogP contribution < -0.4 is 5.32 Å². The van der Waals surface area contributed by atoms with Crippen molar-refractivity contribution in [3.05, 3.63) is 23.8 Å². The molecule has 0 radical (unpaired) electrons. The molecule has 96 valence electrons. The van der Waals surface area contributed by atoms with E-state index >= 15 is 0 Å². The zero-order valence-corrected chi connectivity index (χ0v) is 11.9. The van der Waals surface area contributed by atoms with Crippen LogP contribution in [0.4, 0.5) is 5.13 Å². The molecule has 0 bridgehead atoms. The van der Waals surface area contributed by atoms with Gasteiger partial charge < -0.3 is 5.32 Å². The average Bonchev–Trinajstić information content (AvgIpc) is 2.73. The molecule has 3 rings (SSSR count). The molecule has 0 saturated heterocycles. The fraction of sp³-hybridized carbons (Fsp3) is 0.533. The molecule has 2 atom stereocenters. The molecule has 1 heterocycles. The first-order chi connectivity index (χ1) is 8.72. The lowest BCUT2D eigenvalue weighted by Gasteiger charge is -2.29. The Morgan fingerprint density at radius 3 is 2.94 bits per heavy atom. The lowest BCUT2D eigenvalue weighted by molar-refractivity contribution is 0.349. The molecular weight excluding hydrogens is 240 g/mol. The molecule has 2 unspecified atom stereocenters. The van der Waals surface area contributed by atoms with Gasteiger partial charge in [0.15, 0.2) is 5.13 Å². The number of hydrogen-bond donors (Lipinski definition) is 1. The van der Waals surface area contributed by atoms with Crippen molar-refractivity contribution < 1.29 is 0 Å². The molecule has 1 aromatic carbocycles. The molecule has 1 N–H and O–H groups in total. The van der Waals surface area contributed by atoms with Crippen LogP contribution in [-0.2, 0) is 0 Å². The summed E-state index contributed by atoms with van der Waals surface area (Å²) in [5, 5.41) is 4.74. The van der Waals surface area contributed by atoms with Crippen molar-refractivity contribution in [3.63, 3.8) is 0 Å². The van der Waals surface area contributed by atoms with Crippen molar-refractivity contribution in [2.24, 2.45) is 5.92 Å². The molecule has 1 aromatic heterocycles. The van der Waals surface area contributed by atoms with Gasteiger partial charge in [0.05, 0.1) is 10.2 Å². The van der Waals surface area contributed by atoms with Crippen LogP contribution in [-0.4, -0.2) is 11.0 Å². The Hall–Kier alpha value is -1.09. The third-order valence-electron chi connectivity index (χ3n) is 3.96. The minimum Gasteiger partial charge on any atom is -0.358 e. The fourth-order valence-electron chi connectivity index (χ4n) is 2.79. The summed E-state index contributed by atoms with van der Waals surface area (Å²) in [6, 6.07) is 7.12. The van der Waals surface area contributed by atoms with Gasteiger partial charge in [-0.05, 0) is 43.4 Å². The predicted molar refractivity (Wildman–Crippen MR) is 79.4 cm³/mol. The van der Waals surface area contributed by atoms with Crippen molar-refractivity contribution in [3.8, 4) is 0 Å². The summed E-state index contributed by atoms with van der Waals surface area (Å²) >= 11 is 1.78. The van der Waals surface area contributed by atoms with Gasteiger partial charge in [0.1, 0.15) is 0 Å². The minimum atomic E-state index is 0.611. The Balaban J connectivity index is 1.81. The second-order valence-corrected chi connectivity index (χ2v) is 6.53. The van der Waals surface area contributed by atoms with Crippen molar-refractivity contribution in [2.45, 2.75) is 45.6 Å². The number of benzene rings is 1. The van der Waals surface area contributed by atoms with E-state index in [1.807, 2.05) is 0 Å². The second kappa shape index (κ2) is 4.88. The largest absolute Gasteiger partial charge is 0.358 e. The Labute approximate surface area is 112 Å². The molecule has 18 heavy (non-hydrogen) atoms. The van der Waals surface area contributed by atoms with Crippen molar-refractivity contribution in [1.29, 1.82) is 0 Å². The van der Waals surface area contributed by atoms with Gasteiger partial charge >= 0.3 is 0 Å². The predicted octanol–water partition coefficient (Wildman–Crippen LogP) is 4.60. The summed E-state index contributed by atoms with van der Waals surface area (Å²) < 4.78 is 1.28. The smallest absolute Gasteiger partial charge is 0.184 e. The number of nitrogens with one attached hydrogen (secondary N) is 1. The monoisotopic (exact) mass is 260 g/mol. The lowest BCUT2D eigenvalue weighted by Crippen LogP contribution is -2.30. The van der Waals surface area contributed by atoms with E-state index in [9.17, 15) is 0 Å². The van der Waals surface area contributed by atoms with Crippen molar-refractivity contribution in [1.82, 2.24) is 4.98 Å². The maximum absolute atomic E-state index is 4.71. The maximum atomic E-state index is 4.71. The van der Waals surface area contributed by atoms with E-state index in [1.165, 1.54) is 35.9 Å². The van der Waals surface area contributed by atoms with Crippen LogP contribution in [0.3, 0.4) is 0 Å². The van der Waals surface area contributed by atoms with E-state index in [0.29, 0.717) is 6.04 Å². The fourth-order valence-corrected chi connectivity index (χ4v) is 3.70. The number of anilines is 1. The molecule has 2 aromatic rings. The van der Waals surface area contributed by atoms with Crippen molar-refractivity contribution >= 4 is 26.7 Å². The normalized spacial score (nSPS) is 24.3.